The van der Waals surface area contributed by atoms with Gasteiger partial charge < -0.3 is 0 Å². The van der Waals surface area contributed by atoms with Crippen molar-refractivity contribution in [3.8, 4) is 67.7 Å². The Balaban J connectivity index is 1.14. The molecule has 3 heterocycles. The maximum absolute atomic E-state index is 5.11. The third kappa shape index (κ3) is 5.84. The molecular formula is C49H31N5. The summed E-state index contributed by atoms with van der Waals surface area (Å²) in [6.45, 7) is 0. The number of pyridine rings is 2. The van der Waals surface area contributed by atoms with Gasteiger partial charge in [0, 0.05) is 45.4 Å². The van der Waals surface area contributed by atoms with Gasteiger partial charge in [0.1, 0.15) is 0 Å². The van der Waals surface area contributed by atoms with E-state index in [9.17, 15) is 0 Å². The van der Waals surface area contributed by atoms with Gasteiger partial charge in [-0.05, 0) is 74.8 Å². The van der Waals surface area contributed by atoms with Gasteiger partial charge in [0.05, 0.1) is 11.2 Å². The topological polar surface area (TPSA) is 64.5 Å². The lowest BCUT2D eigenvalue weighted by Crippen LogP contribution is -2.00. The van der Waals surface area contributed by atoms with Gasteiger partial charge in [-0.25, -0.2) is 19.9 Å². The SMILES string of the molecule is c1ccc(-c2nc(-c3ccccc3)nc(-c3cc(-c4ccc(-c5nc6ccccc6c6ccncc56)cc4)cc(-c4ccc5ccccc5c4)c3)n2)cc1. The van der Waals surface area contributed by atoms with Gasteiger partial charge in [0.2, 0.25) is 0 Å². The number of nitrogens with zero attached hydrogens (tertiary/aromatic N) is 5. The molecule has 0 fully saturated rings. The van der Waals surface area contributed by atoms with E-state index >= 15 is 0 Å². The Morgan fingerprint density at radius 1 is 0.296 bits per heavy atom. The molecule has 0 aliphatic heterocycles. The molecule has 0 saturated carbocycles. The molecule has 5 heteroatoms. The van der Waals surface area contributed by atoms with Crippen molar-refractivity contribution in [2.75, 3.05) is 0 Å². The van der Waals surface area contributed by atoms with Crippen molar-refractivity contribution in [2.24, 2.45) is 0 Å². The molecule has 0 radical (unpaired) electrons. The molecule has 0 atom stereocenters. The lowest BCUT2D eigenvalue weighted by atomic mass is 9.93. The molecule has 7 aromatic carbocycles. The molecule has 0 spiro atoms. The number of hydrogen-bond donors (Lipinski definition) is 0. The molecule has 54 heavy (non-hydrogen) atoms. The Morgan fingerprint density at radius 2 is 0.852 bits per heavy atom. The quantitative estimate of drug-likeness (QED) is 0.163. The number of para-hydroxylation sites is 1. The minimum absolute atomic E-state index is 0.613. The summed E-state index contributed by atoms with van der Waals surface area (Å²) in [4.78, 5) is 24.7. The van der Waals surface area contributed by atoms with E-state index in [1.807, 2.05) is 79.1 Å². The minimum Gasteiger partial charge on any atom is -0.264 e. The molecule has 0 aliphatic carbocycles. The highest BCUT2D eigenvalue weighted by Crippen LogP contribution is 2.37. The maximum Gasteiger partial charge on any atom is 0.164 e. The van der Waals surface area contributed by atoms with Crippen LogP contribution in [0.2, 0.25) is 0 Å². The molecule has 5 nitrogen and oxygen atoms in total. The predicted molar refractivity (Wildman–Crippen MR) is 221 cm³/mol. The Bertz CT molecular complexity index is 2920. The van der Waals surface area contributed by atoms with Crippen LogP contribution in [0.3, 0.4) is 0 Å². The zero-order valence-electron chi connectivity index (χ0n) is 29.1. The molecular weight excluding hydrogens is 659 g/mol. The highest BCUT2D eigenvalue weighted by atomic mass is 15.0. The first-order chi connectivity index (χ1) is 26.7. The number of rotatable bonds is 6. The summed E-state index contributed by atoms with van der Waals surface area (Å²) in [5, 5.41) is 5.69. The molecule has 3 aromatic heterocycles. The van der Waals surface area contributed by atoms with Gasteiger partial charge in [-0.15, -0.1) is 0 Å². The van der Waals surface area contributed by atoms with Crippen molar-refractivity contribution in [3.05, 3.63) is 188 Å². The van der Waals surface area contributed by atoms with Gasteiger partial charge in [0.25, 0.3) is 0 Å². The van der Waals surface area contributed by atoms with Crippen molar-refractivity contribution in [1.82, 2.24) is 24.9 Å². The van der Waals surface area contributed by atoms with Gasteiger partial charge in [-0.2, -0.15) is 0 Å². The Labute approximate surface area is 312 Å². The first-order valence-corrected chi connectivity index (χ1v) is 18.0. The molecule has 0 amide bonds. The first kappa shape index (κ1) is 31.4. The smallest absolute Gasteiger partial charge is 0.164 e. The van der Waals surface area contributed by atoms with Crippen LogP contribution >= 0.6 is 0 Å². The summed E-state index contributed by atoms with van der Waals surface area (Å²) in [5.41, 5.74) is 10.0. The van der Waals surface area contributed by atoms with Gasteiger partial charge in [0.15, 0.2) is 17.5 Å². The first-order valence-electron chi connectivity index (χ1n) is 18.0. The van der Waals surface area contributed by atoms with Crippen LogP contribution in [-0.2, 0) is 0 Å². The van der Waals surface area contributed by atoms with Crippen molar-refractivity contribution < 1.29 is 0 Å². The molecule has 0 N–H and O–H groups in total. The second-order valence-corrected chi connectivity index (χ2v) is 13.4. The highest BCUT2D eigenvalue weighted by molar-refractivity contribution is 6.10. The normalized spacial score (nSPS) is 11.3. The summed E-state index contributed by atoms with van der Waals surface area (Å²) in [6.07, 6.45) is 3.76. The average molecular weight is 690 g/mol. The van der Waals surface area contributed by atoms with Crippen LogP contribution in [0.1, 0.15) is 0 Å². The Kier molecular flexibility index (Phi) is 7.73. The van der Waals surface area contributed by atoms with E-state index in [-0.39, 0.29) is 0 Å². The fourth-order valence-electron chi connectivity index (χ4n) is 7.23. The zero-order valence-corrected chi connectivity index (χ0v) is 29.1. The Morgan fingerprint density at radius 3 is 1.57 bits per heavy atom. The van der Waals surface area contributed by atoms with Crippen LogP contribution in [0.5, 0.6) is 0 Å². The fraction of sp³-hybridized carbons (Fsp3) is 0. The van der Waals surface area contributed by atoms with Crippen LogP contribution in [0.15, 0.2) is 188 Å². The molecule has 0 unspecified atom stereocenters. The van der Waals surface area contributed by atoms with E-state index in [0.717, 1.165) is 71.9 Å². The van der Waals surface area contributed by atoms with Crippen LogP contribution in [0.4, 0.5) is 0 Å². The van der Waals surface area contributed by atoms with E-state index in [1.165, 1.54) is 10.8 Å². The molecule has 0 aliphatic rings. The monoisotopic (exact) mass is 689 g/mol. The van der Waals surface area contributed by atoms with E-state index < -0.39 is 0 Å². The van der Waals surface area contributed by atoms with E-state index in [0.29, 0.717) is 17.5 Å². The van der Waals surface area contributed by atoms with Crippen molar-refractivity contribution >= 4 is 32.4 Å². The van der Waals surface area contributed by atoms with E-state index in [4.69, 9.17) is 19.9 Å². The number of aromatic nitrogens is 5. The minimum atomic E-state index is 0.613. The maximum atomic E-state index is 5.11. The largest absolute Gasteiger partial charge is 0.264 e. The number of hydrogen-bond acceptors (Lipinski definition) is 5. The van der Waals surface area contributed by atoms with Crippen molar-refractivity contribution in [1.29, 1.82) is 0 Å². The molecule has 252 valence electrons. The van der Waals surface area contributed by atoms with Gasteiger partial charge in [-0.1, -0.05) is 140 Å². The summed E-state index contributed by atoms with van der Waals surface area (Å²) < 4.78 is 0. The average Bonchev–Trinajstić information content (AvgIpc) is 3.26. The summed E-state index contributed by atoms with van der Waals surface area (Å²) >= 11 is 0. The second-order valence-electron chi connectivity index (χ2n) is 13.4. The number of fused-ring (bicyclic) bond motifs is 4. The second kappa shape index (κ2) is 13.3. The standard InChI is InChI=1S/C49H31N5/c1-3-12-35(13-4-1)47-52-48(36-14-5-2-6-15-36)54-49(53-47)41-29-39(28-40(30-41)38-24-21-32-11-7-8-16-37(32)27-38)33-19-22-34(23-20-33)46-44-31-50-26-25-42(44)43-17-9-10-18-45(43)51-46/h1-31H. The molecule has 0 bridgehead atoms. The van der Waals surface area contributed by atoms with Crippen LogP contribution in [0.25, 0.3) is 100 Å². The fourth-order valence-corrected chi connectivity index (χ4v) is 7.23. The molecule has 10 rings (SSSR count). The summed E-state index contributed by atoms with van der Waals surface area (Å²) in [7, 11) is 0. The van der Waals surface area contributed by atoms with Gasteiger partial charge >= 0.3 is 0 Å². The molecule has 0 saturated heterocycles. The lowest BCUT2D eigenvalue weighted by Gasteiger charge is -2.14. The van der Waals surface area contributed by atoms with Crippen molar-refractivity contribution in [2.45, 2.75) is 0 Å². The van der Waals surface area contributed by atoms with Crippen molar-refractivity contribution in [3.63, 3.8) is 0 Å². The summed E-state index contributed by atoms with van der Waals surface area (Å²) in [5.74, 6) is 1.87. The number of benzene rings is 7. The van der Waals surface area contributed by atoms with Crippen LogP contribution in [-0.4, -0.2) is 24.9 Å². The third-order valence-corrected chi connectivity index (χ3v) is 9.97. The summed E-state index contributed by atoms with van der Waals surface area (Å²) in [6, 6.07) is 61.0. The van der Waals surface area contributed by atoms with E-state index in [2.05, 4.69) is 114 Å². The van der Waals surface area contributed by atoms with Gasteiger partial charge in [-0.3, -0.25) is 4.98 Å². The predicted octanol–water partition coefficient (Wildman–Crippen LogP) is 12.1. The lowest BCUT2D eigenvalue weighted by molar-refractivity contribution is 1.07. The van der Waals surface area contributed by atoms with Crippen LogP contribution < -0.4 is 0 Å². The highest BCUT2D eigenvalue weighted by Gasteiger charge is 2.16. The molecule has 10 aromatic rings. The van der Waals surface area contributed by atoms with Crippen LogP contribution in [0, 0.1) is 0 Å². The third-order valence-electron chi connectivity index (χ3n) is 9.97. The van der Waals surface area contributed by atoms with E-state index in [1.54, 1.807) is 0 Å². The Hall–Kier alpha value is -7.37. The zero-order chi connectivity index (χ0) is 35.8.